The van der Waals surface area contributed by atoms with Gasteiger partial charge in [-0.25, -0.2) is 18.5 Å². The van der Waals surface area contributed by atoms with E-state index in [9.17, 15) is 8.42 Å². The highest BCUT2D eigenvalue weighted by Crippen LogP contribution is 2.18. The summed E-state index contributed by atoms with van der Waals surface area (Å²) in [5.41, 5.74) is 0.690. The number of hydrogen-bond acceptors (Lipinski definition) is 7. The number of piperazine rings is 1. The van der Waals surface area contributed by atoms with Gasteiger partial charge in [-0.05, 0) is 30.3 Å². The Morgan fingerprint density at radius 1 is 1.12 bits per heavy atom. The molecule has 0 amide bonds. The Balaban J connectivity index is 0.00000208. The number of benzene rings is 1. The van der Waals surface area contributed by atoms with E-state index in [-0.39, 0.29) is 17.3 Å². The fourth-order valence-electron chi connectivity index (χ4n) is 2.34. The highest BCUT2D eigenvalue weighted by molar-refractivity contribution is 7.89. The molecule has 1 aromatic carbocycles. The minimum absolute atomic E-state index is 0. The van der Waals surface area contributed by atoms with Gasteiger partial charge in [0, 0.05) is 38.1 Å². The predicted molar refractivity (Wildman–Crippen MR) is 95.5 cm³/mol. The van der Waals surface area contributed by atoms with Gasteiger partial charge in [-0.15, -0.1) is 12.4 Å². The standard InChI is InChI=1S/C14H18N6O2S.ClH/c15-23(21,22)12-3-1-11(2-4-12)18-14-17-6-5-13(19-14)20-9-7-16-8-10-20;/h1-6,16H,7-10H2,(H2,15,21,22)(H,17,18,19);1H. The first kappa shape index (κ1) is 18.4. The van der Waals surface area contributed by atoms with Gasteiger partial charge in [0.2, 0.25) is 16.0 Å². The zero-order valence-corrected chi connectivity index (χ0v) is 14.5. The molecule has 0 aliphatic carbocycles. The van der Waals surface area contributed by atoms with Crippen LogP contribution in [0.4, 0.5) is 17.5 Å². The van der Waals surface area contributed by atoms with Crippen molar-refractivity contribution in [2.75, 3.05) is 36.4 Å². The molecule has 0 spiro atoms. The number of nitrogens with two attached hydrogens (primary N) is 1. The van der Waals surface area contributed by atoms with Gasteiger partial charge in [0.25, 0.3) is 0 Å². The van der Waals surface area contributed by atoms with Crippen LogP contribution < -0.4 is 20.7 Å². The molecule has 10 heteroatoms. The molecule has 2 heterocycles. The first-order chi connectivity index (χ1) is 11.0. The SMILES string of the molecule is Cl.NS(=O)(=O)c1ccc(Nc2nccc(N3CCNCC3)n2)cc1. The lowest BCUT2D eigenvalue weighted by atomic mass is 10.3. The number of nitrogens with zero attached hydrogens (tertiary/aromatic N) is 3. The highest BCUT2D eigenvalue weighted by Gasteiger charge is 2.12. The van der Waals surface area contributed by atoms with E-state index in [1.54, 1.807) is 18.3 Å². The van der Waals surface area contributed by atoms with Gasteiger partial charge < -0.3 is 15.5 Å². The Kier molecular flexibility index (Phi) is 5.94. The Hall–Kier alpha value is -1.94. The maximum atomic E-state index is 11.2. The molecular formula is C14H19ClN6O2S. The molecule has 1 aliphatic heterocycles. The van der Waals surface area contributed by atoms with Crippen LogP contribution in [0.3, 0.4) is 0 Å². The van der Waals surface area contributed by atoms with Gasteiger partial charge >= 0.3 is 0 Å². The second-order valence-electron chi connectivity index (χ2n) is 5.17. The molecule has 130 valence electrons. The molecule has 1 fully saturated rings. The molecule has 0 unspecified atom stereocenters. The van der Waals surface area contributed by atoms with E-state index in [1.807, 2.05) is 6.07 Å². The number of hydrogen-bond donors (Lipinski definition) is 3. The van der Waals surface area contributed by atoms with E-state index in [1.165, 1.54) is 12.1 Å². The van der Waals surface area contributed by atoms with Gasteiger partial charge in [-0.2, -0.15) is 4.98 Å². The van der Waals surface area contributed by atoms with Crippen LogP contribution >= 0.6 is 12.4 Å². The Morgan fingerprint density at radius 3 is 2.42 bits per heavy atom. The fraction of sp³-hybridized carbons (Fsp3) is 0.286. The third-order valence-corrected chi connectivity index (χ3v) is 4.45. The molecule has 2 aromatic rings. The molecule has 4 N–H and O–H groups in total. The van der Waals surface area contributed by atoms with Crippen molar-refractivity contribution in [3.63, 3.8) is 0 Å². The van der Waals surface area contributed by atoms with Crippen LogP contribution in [0.25, 0.3) is 0 Å². The lowest BCUT2D eigenvalue weighted by Crippen LogP contribution is -2.43. The topological polar surface area (TPSA) is 113 Å². The van der Waals surface area contributed by atoms with Crippen LogP contribution in [0, 0.1) is 0 Å². The van der Waals surface area contributed by atoms with Crippen molar-refractivity contribution >= 4 is 39.9 Å². The number of anilines is 3. The van der Waals surface area contributed by atoms with Crippen molar-refractivity contribution in [3.8, 4) is 0 Å². The number of primary sulfonamides is 1. The van der Waals surface area contributed by atoms with Crippen molar-refractivity contribution in [1.29, 1.82) is 0 Å². The molecule has 1 aliphatic rings. The van der Waals surface area contributed by atoms with Gasteiger partial charge in [-0.3, -0.25) is 0 Å². The molecule has 1 aromatic heterocycles. The molecule has 3 rings (SSSR count). The average molecular weight is 371 g/mol. The van der Waals surface area contributed by atoms with Crippen molar-refractivity contribution in [2.45, 2.75) is 4.90 Å². The Labute approximate surface area is 146 Å². The monoisotopic (exact) mass is 370 g/mol. The van der Waals surface area contributed by atoms with Crippen LogP contribution in [0.15, 0.2) is 41.4 Å². The summed E-state index contributed by atoms with van der Waals surface area (Å²) in [6.07, 6.45) is 1.70. The minimum atomic E-state index is -3.69. The first-order valence-corrected chi connectivity index (χ1v) is 8.76. The van der Waals surface area contributed by atoms with E-state index in [4.69, 9.17) is 5.14 Å². The average Bonchev–Trinajstić information content (AvgIpc) is 2.56. The summed E-state index contributed by atoms with van der Waals surface area (Å²) < 4.78 is 22.5. The van der Waals surface area contributed by atoms with Crippen LogP contribution in [-0.2, 0) is 10.0 Å². The van der Waals surface area contributed by atoms with Crippen molar-refractivity contribution in [2.24, 2.45) is 5.14 Å². The third-order valence-electron chi connectivity index (χ3n) is 3.52. The summed E-state index contributed by atoms with van der Waals surface area (Å²) in [5.74, 6) is 1.33. The normalized spacial score (nSPS) is 14.8. The molecule has 0 atom stereocenters. The second kappa shape index (κ2) is 7.75. The zero-order chi connectivity index (χ0) is 16.3. The van der Waals surface area contributed by atoms with Gasteiger partial charge in [0.1, 0.15) is 5.82 Å². The maximum absolute atomic E-state index is 11.2. The van der Waals surface area contributed by atoms with Crippen LogP contribution in [0.1, 0.15) is 0 Å². The Bertz CT molecular complexity index is 778. The number of nitrogens with one attached hydrogen (secondary N) is 2. The Morgan fingerprint density at radius 2 is 1.79 bits per heavy atom. The third kappa shape index (κ3) is 4.54. The molecule has 1 saturated heterocycles. The van der Waals surface area contributed by atoms with Crippen molar-refractivity contribution in [1.82, 2.24) is 15.3 Å². The number of halogens is 1. The molecule has 24 heavy (non-hydrogen) atoms. The van der Waals surface area contributed by atoms with E-state index < -0.39 is 10.0 Å². The molecule has 0 bridgehead atoms. The van der Waals surface area contributed by atoms with Crippen LogP contribution in [0.2, 0.25) is 0 Å². The van der Waals surface area contributed by atoms with Crippen molar-refractivity contribution in [3.05, 3.63) is 36.5 Å². The van der Waals surface area contributed by atoms with E-state index >= 15 is 0 Å². The summed E-state index contributed by atoms with van der Waals surface area (Å²) in [7, 11) is -3.69. The number of rotatable bonds is 4. The van der Waals surface area contributed by atoms with Gasteiger partial charge in [0.15, 0.2) is 0 Å². The molecule has 0 radical (unpaired) electrons. The zero-order valence-electron chi connectivity index (χ0n) is 12.8. The van der Waals surface area contributed by atoms with Crippen LogP contribution in [0.5, 0.6) is 0 Å². The fourth-order valence-corrected chi connectivity index (χ4v) is 2.85. The quantitative estimate of drug-likeness (QED) is 0.725. The largest absolute Gasteiger partial charge is 0.354 e. The summed E-state index contributed by atoms with van der Waals surface area (Å²) in [6, 6.07) is 8.01. The van der Waals surface area contributed by atoms with Gasteiger partial charge in [0.05, 0.1) is 4.90 Å². The smallest absolute Gasteiger partial charge is 0.238 e. The summed E-state index contributed by atoms with van der Waals surface area (Å²) in [5, 5.41) is 11.4. The van der Waals surface area contributed by atoms with Crippen molar-refractivity contribution < 1.29 is 8.42 Å². The minimum Gasteiger partial charge on any atom is -0.354 e. The summed E-state index contributed by atoms with van der Waals surface area (Å²) in [4.78, 5) is 10.9. The highest BCUT2D eigenvalue weighted by atomic mass is 35.5. The maximum Gasteiger partial charge on any atom is 0.238 e. The van der Waals surface area contributed by atoms with Crippen LogP contribution in [-0.4, -0.2) is 44.6 Å². The molecule has 0 saturated carbocycles. The number of aromatic nitrogens is 2. The van der Waals surface area contributed by atoms with E-state index in [0.29, 0.717) is 11.6 Å². The van der Waals surface area contributed by atoms with E-state index in [2.05, 4.69) is 25.5 Å². The lowest BCUT2D eigenvalue weighted by molar-refractivity contribution is 0.585. The predicted octanol–water partition coefficient (Wildman–Crippen LogP) is 0.699. The first-order valence-electron chi connectivity index (χ1n) is 7.21. The van der Waals surface area contributed by atoms with E-state index in [0.717, 1.165) is 32.0 Å². The van der Waals surface area contributed by atoms with Gasteiger partial charge in [-0.1, -0.05) is 0 Å². The second-order valence-corrected chi connectivity index (χ2v) is 6.73. The summed E-state index contributed by atoms with van der Waals surface area (Å²) in [6.45, 7) is 3.67. The molecule has 8 nitrogen and oxygen atoms in total. The lowest BCUT2D eigenvalue weighted by Gasteiger charge is -2.28. The number of sulfonamides is 1. The molecular weight excluding hydrogens is 352 g/mol. The summed E-state index contributed by atoms with van der Waals surface area (Å²) >= 11 is 0.